The lowest BCUT2D eigenvalue weighted by Gasteiger charge is -2.16. The van der Waals surface area contributed by atoms with Crippen LogP contribution in [0.1, 0.15) is 46.9 Å². The maximum atomic E-state index is 12.5. The number of thiocarbonyl (C=S) groups is 1. The second-order valence-electron chi connectivity index (χ2n) is 6.86. The number of nitrogens with one attached hydrogen (secondary N) is 2. The fourth-order valence-corrected chi connectivity index (χ4v) is 3.30. The molecule has 0 bridgehead atoms. The lowest BCUT2D eigenvalue weighted by molar-refractivity contribution is 0.0792. The summed E-state index contributed by atoms with van der Waals surface area (Å²) < 4.78 is 5.52. The molecule has 0 aliphatic carbocycles. The number of carbonyl (C=O) groups is 2. The molecule has 0 radical (unpaired) electrons. The molecular formula is C22H25N3O3S. The minimum absolute atomic E-state index is 0.0199. The van der Waals surface area contributed by atoms with Crippen molar-refractivity contribution in [1.82, 2.24) is 10.2 Å². The summed E-state index contributed by atoms with van der Waals surface area (Å²) >= 11 is 5.25. The Morgan fingerprint density at radius 1 is 1.07 bits per heavy atom. The molecule has 0 unspecified atom stereocenters. The van der Waals surface area contributed by atoms with Crippen LogP contribution in [0.3, 0.4) is 0 Å². The van der Waals surface area contributed by atoms with Crippen LogP contribution in [0, 0.1) is 0 Å². The van der Waals surface area contributed by atoms with Crippen molar-refractivity contribution >= 4 is 34.8 Å². The Labute approximate surface area is 176 Å². The van der Waals surface area contributed by atoms with Crippen molar-refractivity contribution < 1.29 is 14.3 Å². The monoisotopic (exact) mass is 411 g/mol. The maximum absolute atomic E-state index is 12.5. The Morgan fingerprint density at radius 2 is 1.79 bits per heavy atom. The second-order valence-corrected chi connectivity index (χ2v) is 7.27. The SMILES string of the molecule is CCCOc1ccc(C(=O)NC(=S)Nc2cccc(C(=O)N3CCCC3)c2)cc1. The van der Waals surface area contributed by atoms with Gasteiger partial charge in [-0.1, -0.05) is 13.0 Å². The van der Waals surface area contributed by atoms with Crippen LogP contribution in [0.4, 0.5) is 5.69 Å². The van der Waals surface area contributed by atoms with E-state index in [2.05, 4.69) is 10.6 Å². The molecule has 29 heavy (non-hydrogen) atoms. The zero-order valence-electron chi connectivity index (χ0n) is 16.4. The number of hydrogen-bond donors (Lipinski definition) is 2. The van der Waals surface area contributed by atoms with Crippen LogP contribution < -0.4 is 15.4 Å². The summed E-state index contributed by atoms with van der Waals surface area (Å²) in [4.78, 5) is 26.8. The Balaban J connectivity index is 1.56. The van der Waals surface area contributed by atoms with Crippen LogP contribution in [-0.4, -0.2) is 41.5 Å². The number of likely N-dealkylation sites (tertiary alicyclic amines) is 1. The molecule has 1 heterocycles. The third-order valence-corrected chi connectivity index (χ3v) is 4.78. The topological polar surface area (TPSA) is 70.7 Å². The van der Waals surface area contributed by atoms with Gasteiger partial charge in [0.25, 0.3) is 11.8 Å². The molecule has 1 fully saturated rings. The van der Waals surface area contributed by atoms with Gasteiger partial charge >= 0.3 is 0 Å². The van der Waals surface area contributed by atoms with Crippen molar-refractivity contribution in [2.45, 2.75) is 26.2 Å². The van der Waals surface area contributed by atoms with Crippen molar-refractivity contribution in [3.05, 3.63) is 59.7 Å². The predicted molar refractivity (Wildman–Crippen MR) is 117 cm³/mol. The van der Waals surface area contributed by atoms with E-state index in [1.165, 1.54) is 0 Å². The standard InChI is InChI=1S/C22H25N3O3S/c1-2-14-28-19-10-8-16(9-11-19)20(26)24-22(29)23-18-7-5-6-17(15-18)21(27)25-12-3-4-13-25/h5-11,15H,2-4,12-14H2,1H3,(H2,23,24,26,29). The molecule has 0 aromatic heterocycles. The van der Waals surface area contributed by atoms with Gasteiger partial charge in [-0.2, -0.15) is 0 Å². The summed E-state index contributed by atoms with van der Waals surface area (Å²) in [6, 6.07) is 14.0. The molecule has 2 aromatic carbocycles. The lowest BCUT2D eigenvalue weighted by Crippen LogP contribution is -2.34. The highest BCUT2D eigenvalue weighted by atomic mass is 32.1. The third kappa shape index (κ3) is 5.77. The number of ether oxygens (including phenoxy) is 1. The summed E-state index contributed by atoms with van der Waals surface area (Å²) in [6.45, 7) is 4.27. The molecular weight excluding hydrogens is 386 g/mol. The molecule has 3 rings (SSSR count). The maximum Gasteiger partial charge on any atom is 0.257 e. The molecule has 2 aromatic rings. The Bertz CT molecular complexity index is 877. The van der Waals surface area contributed by atoms with Crippen molar-refractivity contribution in [3.8, 4) is 5.75 Å². The van der Waals surface area contributed by atoms with E-state index in [4.69, 9.17) is 17.0 Å². The molecule has 6 nitrogen and oxygen atoms in total. The first kappa shape index (κ1) is 20.8. The van der Waals surface area contributed by atoms with E-state index in [0.29, 0.717) is 23.4 Å². The van der Waals surface area contributed by atoms with E-state index in [-0.39, 0.29) is 16.9 Å². The number of benzene rings is 2. The van der Waals surface area contributed by atoms with Crippen LogP contribution in [0.25, 0.3) is 0 Å². The Morgan fingerprint density at radius 3 is 2.48 bits per heavy atom. The quantitative estimate of drug-likeness (QED) is 0.707. The molecule has 0 spiro atoms. The lowest BCUT2D eigenvalue weighted by atomic mass is 10.2. The molecule has 0 saturated carbocycles. The molecule has 152 valence electrons. The first-order valence-electron chi connectivity index (χ1n) is 9.81. The van der Waals surface area contributed by atoms with Crippen molar-refractivity contribution in [1.29, 1.82) is 0 Å². The second kappa shape index (κ2) is 10.0. The van der Waals surface area contributed by atoms with E-state index >= 15 is 0 Å². The number of amides is 2. The fraction of sp³-hybridized carbons (Fsp3) is 0.318. The summed E-state index contributed by atoms with van der Waals surface area (Å²) in [5.41, 5.74) is 1.74. The third-order valence-electron chi connectivity index (χ3n) is 4.58. The number of carbonyl (C=O) groups excluding carboxylic acids is 2. The van der Waals surface area contributed by atoms with Crippen molar-refractivity contribution in [3.63, 3.8) is 0 Å². The predicted octanol–water partition coefficient (Wildman–Crippen LogP) is 3.84. The summed E-state index contributed by atoms with van der Waals surface area (Å²) in [6.07, 6.45) is 3.02. The average molecular weight is 412 g/mol. The number of anilines is 1. The van der Waals surface area contributed by atoms with Gasteiger partial charge in [-0.05, 0) is 73.9 Å². The van der Waals surface area contributed by atoms with E-state index in [9.17, 15) is 9.59 Å². The van der Waals surface area contributed by atoms with Gasteiger partial charge in [0, 0.05) is 29.9 Å². The van der Waals surface area contributed by atoms with E-state index in [1.807, 2.05) is 11.8 Å². The molecule has 1 aliphatic heterocycles. The van der Waals surface area contributed by atoms with Gasteiger partial charge in [-0.15, -0.1) is 0 Å². The van der Waals surface area contributed by atoms with Gasteiger partial charge in [-0.25, -0.2) is 0 Å². The van der Waals surface area contributed by atoms with Gasteiger partial charge in [0.1, 0.15) is 5.75 Å². The number of nitrogens with zero attached hydrogens (tertiary/aromatic N) is 1. The summed E-state index contributed by atoms with van der Waals surface area (Å²) in [5, 5.41) is 5.80. The normalized spacial score (nSPS) is 13.1. The van der Waals surface area contributed by atoms with E-state index in [1.54, 1.807) is 48.5 Å². The largest absolute Gasteiger partial charge is 0.494 e. The minimum atomic E-state index is -0.311. The Kier molecular flexibility index (Phi) is 7.19. The van der Waals surface area contributed by atoms with Crippen LogP contribution in [-0.2, 0) is 0 Å². The van der Waals surface area contributed by atoms with E-state index in [0.717, 1.165) is 38.1 Å². The van der Waals surface area contributed by atoms with Crippen LogP contribution >= 0.6 is 12.2 Å². The first-order chi connectivity index (χ1) is 14.1. The highest BCUT2D eigenvalue weighted by Crippen LogP contribution is 2.17. The number of rotatable bonds is 6. The molecule has 1 aliphatic rings. The summed E-state index contributed by atoms with van der Waals surface area (Å²) in [5.74, 6) is 0.434. The zero-order chi connectivity index (χ0) is 20.6. The van der Waals surface area contributed by atoms with Crippen molar-refractivity contribution in [2.24, 2.45) is 0 Å². The van der Waals surface area contributed by atoms with Crippen molar-refractivity contribution in [2.75, 3.05) is 25.0 Å². The smallest absolute Gasteiger partial charge is 0.257 e. The molecule has 1 saturated heterocycles. The highest BCUT2D eigenvalue weighted by molar-refractivity contribution is 7.80. The van der Waals surface area contributed by atoms with Crippen LogP contribution in [0.2, 0.25) is 0 Å². The molecule has 7 heteroatoms. The fourth-order valence-electron chi connectivity index (χ4n) is 3.09. The molecule has 0 atom stereocenters. The molecule has 2 N–H and O–H groups in total. The zero-order valence-corrected chi connectivity index (χ0v) is 17.3. The highest BCUT2D eigenvalue weighted by Gasteiger charge is 2.19. The Hall–Kier alpha value is -2.93. The molecule has 2 amide bonds. The van der Waals surface area contributed by atoms with E-state index < -0.39 is 0 Å². The summed E-state index contributed by atoms with van der Waals surface area (Å²) in [7, 11) is 0. The van der Waals surface area contributed by atoms with Crippen LogP contribution in [0.5, 0.6) is 5.75 Å². The number of hydrogen-bond acceptors (Lipinski definition) is 4. The van der Waals surface area contributed by atoms with Gasteiger partial charge in [0.15, 0.2) is 5.11 Å². The first-order valence-corrected chi connectivity index (χ1v) is 10.2. The van der Waals surface area contributed by atoms with Gasteiger partial charge in [0.05, 0.1) is 6.61 Å². The minimum Gasteiger partial charge on any atom is -0.494 e. The van der Waals surface area contributed by atoms with Gasteiger partial charge < -0.3 is 15.0 Å². The van der Waals surface area contributed by atoms with Gasteiger partial charge in [-0.3, -0.25) is 14.9 Å². The van der Waals surface area contributed by atoms with Crippen LogP contribution in [0.15, 0.2) is 48.5 Å². The average Bonchev–Trinajstić information content (AvgIpc) is 3.27. The van der Waals surface area contributed by atoms with Gasteiger partial charge in [0.2, 0.25) is 0 Å².